The van der Waals surface area contributed by atoms with E-state index in [1.807, 2.05) is 0 Å². The Kier molecular flexibility index (Phi) is 14.0. The number of carbonyl (C=O) groups is 2. The van der Waals surface area contributed by atoms with Crippen LogP contribution in [0.25, 0.3) is 0 Å². The van der Waals surface area contributed by atoms with Gasteiger partial charge in [0.25, 0.3) is 5.69 Å². The highest BCUT2D eigenvalue weighted by Gasteiger charge is 2.19. The Hall–Kier alpha value is -2.44. The molecule has 0 spiro atoms. The molecule has 0 fully saturated rings. The standard InChI is InChI=1S/C24H38N2O5/c1-2-3-4-5-6-7-8-9-10-11-12-13-14-15-23(27)25(20-24(28)29)21-16-18-22(19-17-21)26(30)31/h16-19H,2-15,20H2,1H3,(H,28,29). The van der Waals surface area contributed by atoms with Crippen molar-refractivity contribution in [3.8, 4) is 0 Å². The van der Waals surface area contributed by atoms with Gasteiger partial charge < -0.3 is 10.0 Å². The average molecular weight is 435 g/mol. The lowest BCUT2D eigenvalue weighted by molar-refractivity contribution is -0.384. The number of benzene rings is 1. The third-order valence-corrected chi connectivity index (χ3v) is 5.46. The Morgan fingerprint density at radius 1 is 0.839 bits per heavy atom. The normalized spacial score (nSPS) is 10.7. The number of hydrogen-bond acceptors (Lipinski definition) is 4. The van der Waals surface area contributed by atoms with E-state index in [1.165, 1.54) is 93.4 Å². The second-order valence-electron chi connectivity index (χ2n) is 8.14. The average Bonchev–Trinajstić information content (AvgIpc) is 2.75. The number of hydrogen-bond donors (Lipinski definition) is 1. The van der Waals surface area contributed by atoms with Crippen molar-refractivity contribution in [2.75, 3.05) is 11.4 Å². The van der Waals surface area contributed by atoms with E-state index in [4.69, 9.17) is 5.11 Å². The molecular weight excluding hydrogens is 396 g/mol. The fourth-order valence-electron chi connectivity index (χ4n) is 3.64. The second-order valence-corrected chi connectivity index (χ2v) is 8.14. The Balaban J connectivity index is 2.23. The summed E-state index contributed by atoms with van der Waals surface area (Å²) in [6.45, 7) is 1.79. The number of carboxylic acids is 1. The highest BCUT2D eigenvalue weighted by Crippen LogP contribution is 2.21. The molecule has 0 aliphatic carbocycles. The van der Waals surface area contributed by atoms with E-state index in [9.17, 15) is 19.7 Å². The number of carbonyl (C=O) groups excluding carboxylic acids is 1. The number of aliphatic carboxylic acids is 1. The highest BCUT2D eigenvalue weighted by molar-refractivity contribution is 5.97. The van der Waals surface area contributed by atoms with Gasteiger partial charge in [0.05, 0.1) is 4.92 Å². The van der Waals surface area contributed by atoms with E-state index in [1.54, 1.807) is 0 Å². The first kappa shape index (κ1) is 26.6. The van der Waals surface area contributed by atoms with Gasteiger partial charge in [-0.05, 0) is 18.6 Å². The summed E-state index contributed by atoms with van der Waals surface area (Å²) in [5, 5.41) is 19.9. The van der Waals surface area contributed by atoms with Gasteiger partial charge >= 0.3 is 5.97 Å². The maximum atomic E-state index is 12.5. The minimum absolute atomic E-state index is 0.0945. The van der Waals surface area contributed by atoms with Gasteiger partial charge in [-0.2, -0.15) is 0 Å². The SMILES string of the molecule is CCCCCCCCCCCCCCCC(=O)N(CC(=O)O)c1ccc([N+](=O)[O-])cc1. The van der Waals surface area contributed by atoms with Crippen LogP contribution in [0.15, 0.2) is 24.3 Å². The molecule has 0 atom stereocenters. The van der Waals surface area contributed by atoms with E-state index >= 15 is 0 Å². The molecular formula is C24H38N2O5. The molecule has 1 amide bonds. The number of nitro benzene ring substituents is 1. The molecule has 0 heterocycles. The Bertz CT molecular complexity index is 660. The Morgan fingerprint density at radius 2 is 1.29 bits per heavy atom. The molecule has 0 aliphatic heterocycles. The lowest BCUT2D eigenvalue weighted by atomic mass is 10.0. The molecule has 1 N–H and O–H groups in total. The van der Waals surface area contributed by atoms with E-state index in [2.05, 4.69) is 6.92 Å². The zero-order chi connectivity index (χ0) is 22.9. The summed E-state index contributed by atoms with van der Waals surface area (Å²) in [6.07, 6.45) is 16.1. The first-order chi connectivity index (χ1) is 15.0. The molecule has 1 aromatic rings. The lowest BCUT2D eigenvalue weighted by Gasteiger charge is -2.20. The van der Waals surface area contributed by atoms with Crippen LogP contribution < -0.4 is 4.90 Å². The lowest BCUT2D eigenvalue weighted by Crippen LogP contribution is -2.35. The summed E-state index contributed by atoms with van der Waals surface area (Å²) >= 11 is 0. The molecule has 0 bridgehead atoms. The van der Waals surface area contributed by atoms with Gasteiger partial charge in [0.15, 0.2) is 0 Å². The molecule has 1 aromatic carbocycles. The van der Waals surface area contributed by atoms with Crippen LogP contribution in [0.4, 0.5) is 11.4 Å². The van der Waals surface area contributed by atoms with Gasteiger partial charge in [-0.1, -0.05) is 84.0 Å². The van der Waals surface area contributed by atoms with Gasteiger partial charge in [0.1, 0.15) is 6.54 Å². The minimum atomic E-state index is -1.11. The third-order valence-electron chi connectivity index (χ3n) is 5.46. The molecule has 0 radical (unpaired) electrons. The monoisotopic (exact) mass is 434 g/mol. The number of carboxylic acid groups (broad SMARTS) is 1. The van der Waals surface area contributed by atoms with Gasteiger partial charge in [-0.25, -0.2) is 0 Å². The van der Waals surface area contributed by atoms with Gasteiger partial charge in [-0.15, -0.1) is 0 Å². The molecule has 0 aliphatic rings. The number of non-ortho nitro benzene ring substituents is 1. The number of nitrogens with zero attached hydrogens (tertiary/aromatic N) is 2. The van der Waals surface area contributed by atoms with E-state index in [0.717, 1.165) is 19.3 Å². The summed E-state index contributed by atoms with van der Waals surface area (Å²) < 4.78 is 0. The summed E-state index contributed by atoms with van der Waals surface area (Å²) in [4.78, 5) is 35.1. The van der Waals surface area contributed by atoms with Crippen LogP contribution in [0.1, 0.15) is 96.8 Å². The van der Waals surface area contributed by atoms with Crippen LogP contribution in [-0.4, -0.2) is 28.5 Å². The molecule has 0 aromatic heterocycles. The van der Waals surface area contributed by atoms with Crippen LogP contribution in [0, 0.1) is 10.1 Å². The third kappa shape index (κ3) is 12.1. The second kappa shape index (κ2) is 16.3. The predicted octanol–water partition coefficient (Wildman–Crippen LogP) is 6.49. The fraction of sp³-hybridized carbons (Fsp3) is 0.667. The fourth-order valence-corrected chi connectivity index (χ4v) is 3.64. The van der Waals surface area contributed by atoms with Crippen LogP contribution >= 0.6 is 0 Å². The highest BCUT2D eigenvalue weighted by atomic mass is 16.6. The van der Waals surface area contributed by atoms with E-state index < -0.39 is 17.4 Å². The van der Waals surface area contributed by atoms with E-state index in [0.29, 0.717) is 5.69 Å². The molecule has 0 saturated carbocycles. The number of nitro groups is 1. The van der Waals surface area contributed by atoms with Crippen LogP contribution in [0.2, 0.25) is 0 Å². The first-order valence-electron chi connectivity index (χ1n) is 11.7. The first-order valence-corrected chi connectivity index (χ1v) is 11.7. The summed E-state index contributed by atoms with van der Waals surface area (Å²) in [6, 6.07) is 5.40. The zero-order valence-electron chi connectivity index (χ0n) is 18.9. The molecule has 7 nitrogen and oxygen atoms in total. The smallest absolute Gasteiger partial charge is 0.323 e. The number of amides is 1. The molecule has 31 heavy (non-hydrogen) atoms. The zero-order valence-corrected chi connectivity index (χ0v) is 18.9. The molecule has 1 rings (SSSR count). The van der Waals surface area contributed by atoms with Crippen molar-refractivity contribution in [3.05, 3.63) is 34.4 Å². The minimum Gasteiger partial charge on any atom is -0.480 e. The molecule has 7 heteroatoms. The molecule has 0 unspecified atom stereocenters. The van der Waals surface area contributed by atoms with Crippen molar-refractivity contribution in [3.63, 3.8) is 0 Å². The van der Waals surface area contributed by atoms with Crippen LogP contribution in [0.3, 0.4) is 0 Å². The van der Waals surface area contributed by atoms with Crippen molar-refractivity contribution in [1.82, 2.24) is 0 Å². The summed E-state index contributed by atoms with van der Waals surface area (Å²) in [5.41, 5.74) is 0.274. The molecule has 174 valence electrons. The van der Waals surface area contributed by atoms with Gasteiger partial charge in [-0.3, -0.25) is 19.7 Å². The van der Waals surface area contributed by atoms with Crippen molar-refractivity contribution < 1.29 is 19.6 Å². The number of rotatable bonds is 18. The van der Waals surface area contributed by atoms with Crippen molar-refractivity contribution in [1.29, 1.82) is 0 Å². The van der Waals surface area contributed by atoms with Gasteiger partial charge in [0.2, 0.25) is 5.91 Å². The topological polar surface area (TPSA) is 101 Å². The van der Waals surface area contributed by atoms with Crippen LogP contribution in [0.5, 0.6) is 0 Å². The Morgan fingerprint density at radius 3 is 1.71 bits per heavy atom. The maximum absolute atomic E-state index is 12.5. The summed E-state index contributed by atoms with van der Waals surface area (Å²) in [5.74, 6) is -1.38. The predicted molar refractivity (Wildman–Crippen MR) is 123 cm³/mol. The van der Waals surface area contributed by atoms with Gasteiger partial charge in [0, 0.05) is 24.2 Å². The van der Waals surface area contributed by atoms with E-state index in [-0.39, 0.29) is 18.0 Å². The van der Waals surface area contributed by atoms with Crippen LogP contribution in [-0.2, 0) is 9.59 Å². The Labute approximate surface area is 186 Å². The van der Waals surface area contributed by atoms with Crippen molar-refractivity contribution in [2.45, 2.75) is 96.8 Å². The number of anilines is 1. The summed E-state index contributed by atoms with van der Waals surface area (Å²) in [7, 11) is 0. The quantitative estimate of drug-likeness (QED) is 0.162. The largest absolute Gasteiger partial charge is 0.480 e. The van der Waals surface area contributed by atoms with Crippen molar-refractivity contribution >= 4 is 23.3 Å². The maximum Gasteiger partial charge on any atom is 0.323 e. The number of unbranched alkanes of at least 4 members (excludes halogenated alkanes) is 12. The van der Waals surface area contributed by atoms with Crippen molar-refractivity contribution in [2.24, 2.45) is 0 Å². The molecule has 0 saturated heterocycles.